The van der Waals surface area contributed by atoms with Crippen LogP contribution in [0.15, 0.2) is 66.7 Å². The molecule has 0 saturated carbocycles. The van der Waals surface area contributed by atoms with Gasteiger partial charge in [0.2, 0.25) is 0 Å². The molecule has 0 aliphatic rings. The normalized spacial score (nSPS) is 14.2. The van der Waals surface area contributed by atoms with Crippen molar-refractivity contribution in [2.24, 2.45) is 0 Å². The summed E-state index contributed by atoms with van der Waals surface area (Å²) in [6, 6.07) is 7.34. The molecule has 43 heavy (non-hydrogen) atoms. The van der Waals surface area contributed by atoms with Crippen molar-refractivity contribution in [3.8, 4) is 0 Å². The van der Waals surface area contributed by atoms with Crippen LogP contribution < -0.4 is 8.43 Å². The van der Waals surface area contributed by atoms with E-state index >= 15 is 0 Å². The Hall–Kier alpha value is -3.58. The number of anilines is 2. The molecule has 0 heterocycles. The van der Waals surface area contributed by atoms with Crippen LogP contribution in [-0.2, 0) is 11.8 Å². The van der Waals surface area contributed by atoms with E-state index in [0.717, 1.165) is 53.2 Å². The van der Waals surface area contributed by atoms with E-state index in [9.17, 15) is 66.7 Å². The van der Waals surface area contributed by atoms with E-state index in [2.05, 4.69) is 5.32 Å². The molecular formula is C25H12F13IN2O2. The van der Waals surface area contributed by atoms with Crippen LogP contribution in [0, 0.1) is 5.82 Å². The van der Waals surface area contributed by atoms with E-state index in [1.165, 1.54) is 18.2 Å². The van der Waals surface area contributed by atoms with Crippen molar-refractivity contribution >= 4 is 46.1 Å². The second-order valence-corrected chi connectivity index (χ2v) is 9.55. The fourth-order valence-corrected chi connectivity index (χ4v) is 4.35. The van der Waals surface area contributed by atoms with E-state index < -0.39 is 76.2 Å². The number of carbonyl (C=O) groups is 2. The summed E-state index contributed by atoms with van der Waals surface area (Å²) in [4.78, 5) is 25.3. The summed E-state index contributed by atoms with van der Waals surface area (Å²) >= 11 is 0.941. The first-order valence-electron chi connectivity index (χ1n) is 11.1. The zero-order valence-electron chi connectivity index (χ0n) is 20.4. The largest absolute Gasteiger partial charge is 0.457 e. The summed E-state index contributed by atoms with van der Waals surface area (Å²) in [5.74, 6) is -10.2. The second kappa shape index (κ2) is 11.5. The summed E-state index contributed by atoms with van der Waals surface area (Å²) in [6.07, 6.45) is -20.0. The molecule has 0 saturated heterocycles. The van der Waals surface area contributed by atoms with Crippen LogP contribution in [0.5, 0.6) is 0 Å². The second-order valence-electron chi connectivity index (χ2n) is 8.59. The summed E-state index contributed by atoms with van der Waals surface area (Å²) in [5.41, 5.74) is -13.8. The Bertz CT molecular complexity index is 1540. The van der Waals surface area contributed by atoms with Crippen LogP contribution in [0.2, 0.25) is 0 Å². The molecule has 1 unspecified atom stereocenters. The number of nitrogens with one attached hydrogen (secondary N) is 1. The molecule has 1 N–H and O–H groups in total. The van der Waals surface area contributed by atoms with Crippen molar-refractivity contribution in [1.82, 2.24) is 0 Å². The molecule has 3 aromatic rings. The highest BCUT2D eigenvalue weighted by Gasteiger charge is 2.81. The Morgan fingerprint density at radius 3 is 1.81 bits per heavy atom. The van der Waals surface area contributed by atoms with Gasteiger partial charge in [-0.25, -0.2) is 11.9 Å². The lowest BCUT2D eigenvalue weighted by Gasteiger charge is -2.36. The minimum absolute atomic E-state index is 0.0788. The van der Waals surface area contributed by atoms with Gasteiger partial charge in [0.05, 0.1) is 34.1 Å². The van der Waals surface area contributed by atoms with E-state index in [0.29, 0.717) is 0 Å². The van der Waals surface area contributed by atoms with E-state index in [1.54, 1.807) is 0 Å². The SMILES string of the molecule is O=C(Nc1cccc(C(=O)N(I)c2ccc(C(F)(C(F)(F)F)C(F)(F)C(F)(F)F)cc2C(F)(F)F)c1)c1cccc(F)c1. The summed E-state index contributed by atoms with van der Waals surface area (Å²) in [5, 5.41) is 2.29. The van der Waals surface area contributed by atoms with Crippen molar-refractivity contribution in [3.05, 3.63) is 94.8 Å². The van der Waals surface area contributed by atoms with E-state index in [1.807, 2.05) is 0 Å². The molecule has 0 aliphatic carbocycles. The lowest BCUT2D eigenvalue weighted by molar-refractivity contribution is -0.389. The van der Waals surface area contributed by atoms with Gasteiger partial charge >= 0.3 is 30.1 Å². The predicted octanol–water partition coefficient (Wildman–Crippen LogP) is 9.02. The third kappa shape index (κ3) is 6.52. The molecule has 0 fully saturated rings. The zero-order valence-corrected chi connectivity index (χ0v) is 22.6. The van der Waals surface area contributed by atoms with Crippen molar-refractivity contribution < 1.29 is 66.7 Å². The molecule has 3 rings (SSSR count). The van der Waals surface area contributed by atoms with Gasteiger partial charge < -0.3 is 5.32 Å². The molecule has 18 heteroatoms. The summed E-state index contributed by atoms with van der Waals surface area (Å²) in [7, 11) is 0. The number of halogens is 14. The minimum Gasteiger partial charge on any atom is -0.322 e. The van der Waals surface area contributed by atoms with Crippen LogP contribution >= 0.6 is 22.9 Å². The minimum atomic E-state index is -7.22. The summed E-state index contributed by atoms with van der Waals surface area (Å²) in [6.45, 7) is 0. The molecule has 232 valence electrons. The van der Waals surface area contributed by atoms with Gasteiger partial charge in [-0.1, -0.05) is 18.2 Å². The molecule has 3 aromatic carbocycles. The molecule has 4 nitrogen and oxygen atoms in total. The lowest BCUT2D eigenvalue weighted by Crippen LogP contribution is -2.59. The first-order chi connectivity index (χ1) is 19.5. The van der Waals surface area contributed by atoms with Crippen LogP contribution in [0.1, 0.15) is 31.8 Å². The molecule has 0 spiro atoms. The number of benzene rings is 3. The van der Waals surface area contributed by atoms with Crippen molar-refractivity contribution in [3.63, 3.8) is 0 Å². The highest BCUT2D eigenvalue weighted by atomic mass is 127. The smallest absolute Gasteiger partial charge is 0.322 e. The van der Waals surface area contributed by atoms with Crippen LogP contribution in [-0.4, -0.2) is 30.1 Å². The van der Waals surface area contributed by atoms with Crippen LogP contribution in [0.4, 0.5) is 68.5 Å². The molecule has 0 aliphatic heterocycles. The van der Waals surface area contributed by atoms with Gasteiger partial charge in [0.15, 0.2) is 0 Å². The highest BCUT2D eigenvalue weighted by Crippen LogP contribution is 2.59. The van der Waals surface area contributed by atoms with Crippen LogP contribution in [0.3, 0.4) is 0 Å². The van der Waals surface area contributed by atoms with Gasteiger partial charge in [-0.15, -0.1) is 0 Å². The number of nitrogens with zero attached hydrogens (tertiary/aromatic N) is 1. The predicted molar refractivity (Wildman–Crippen MR) is 133 cm³/mol. The maximum absolute atomic E-state index is 14.8. The quantitative estimate of drug-likeness (QED) is 0.156. The molecule has 0 aromatic heterocycles. The number of rotatable bonds is 6. The molecule has 0 radical (unpaired) electrons. The maximum atomic E-state index is 14.8. The Balaban J connectivity index is 2.05. The number of amides is 2. The number of hydrogen-bond acceptors (Lipinski definition) is 2. The van der Waals surface area contributed by atoms with Gasteiger partial charge in [-0.05, 0) is 48.5 Å². The Morgan fingerprint density at radius 2 is 1.28 bits per heavy atom. The lowest BCUT2D eigenvalue weighted by atomic mass is 9.86. The van der Waals surface area contributed by atoms with Crippen LogP contribution in [0.25, 0.3) is 0 Å². The third-order valence-corrected chi connectivity index (χ3v) is 6.68. The fraction of sp³-hybridized carbons (Fsp3) is 0.200. The first kappa shape index (κ1) is 33.9. The van der Waals surface area contributed by atoms with Crippen molar-refractivity contribution in [2.75, 3.05) is 8.43 Å². The standard InChI is InChI=1S/C25H12F13IN2O2/c26-15-5-1-3-12(9-15)19(42)40-16-6-2-4-13(10-16)20(43)41(39)18-8-7-14(11-17(18)22(28,29)30)21(27,24(33,34)35)23(31,32)25(36,37)38/h1-11H,(H,40,42). The van der Waals surface area contributed by atoms with E-state index in [-0.39, 0.29) is 26.5 Å². The molecule has 1 atom stereocenters. The van der Waals surface area contributed by atoms with Gasteiger partial charge in [0.25, 0.3) is 11.8 Å². The average Bonchev–Trinajstić information content (AvgIpc) is 2.89. The highest BCUT2D eigenvalue weighted by molar-refractivity contribution is 14.1. The number of hydrogen-bond donors (Lipinski definition) is 1. The maximum Gasteiger partial charge on any atom is 0.457 e. The monoisotopic (exact) mass is 746 g/mol. The zero-order chi connectivity index (χ0) is 32.8. The Kier molecular flexibility index (Phi) is 9.06. The van der Waals surface area contributed by atoms with Crippen molar-refractivity contribution in [1.29, 1.82) is 0 Å². The topological polar surface area (TPSA) is 49.4 Å². The van der Waals surface area contributed by atoms with Gasteiger partial charge in [0.1, 0.15) is 5.82 Å². The van der Waals surface area contributed by atoms with Crippen molar-refractivity contribution in [2.45, 2.75) is 30.1 Å². The average molecular weight is 746 g/mol. The van der Waals surface area contributed by atoms with Gasteiger partial charge in [-0.2, -0.15) is 48.3 Å². The van der Waals surface area contributed by atoms with Gasteiger partial charge in [0, 0.05) is 22.4 Å². The molecular weight excluding hydrogens is 734 g/mol. The molecule has 2 amide bonds. The summed E-state index contributed by atoms with van der Waals surface area (Å²) < 4.78 is 176. The Morgan fingerprint density at radius 1 is 0.698 bits per heavy atom. The Labute approximate surface area is 246 Å². The number of carbonyl (C=O) groups excluding carboxylic acids is 2. The first-order valence-corrected chi connectivity index (χ1v) is 12.1. The number of alkyl halides is 12. The van der Waals surface area contributed by atoms with Gasteiger partial charge in [-0.3, -0.25) is 9.59 Å². The van der Waals surface area contributed by atoms with E-state index in [4.69, 9.17) is 0 Å². The molecule has 0 bridgehead atoms. The fourth-order valence-electron chi connectivity index (χ4n) is 3.65. The third-order valence-electron chi connectivity index (χ3n) is 5.72.